The standard InChI is InChI=1S/C21H18N2O4/c1-2-11-23-18(14-8-5-6-10-22-14)17(20(25)21(23)26)19(24)16-12-13-7-3-4-9-15(13)27-16/h3-10,12,18,25H,2,11H2,1H3. The molecule has 1 unspecified atom stereocenters. The molecule has 27 heavy (non-hydrogen) atoms. The van der Waals surface area contributed by atoms with Crippen molar-refractivity contribution in [1.82, 2.24) is 9.88 Å². The highest BCUT2D eigenvalue weighted by molar-refractivity contribution is 6.15. The van der Waals surface area contributed by atoms with E-state index in [1.165, 1.54) is 4.90 Å². The number of fused-ring (bicyclic) bond motifs is 1. The molecule has 3 aromatic rings. The molecular weight excluding hydrogens is 344 g/mol. The van der Waals surface area contributed by atoms with E-state index >= 15 is 0 Å². The van der Waals surface area contributed by atoms with E-state index in [0.29, 0.717) is 24.2 Å². The summed E-state index contributed by atoms with van der Waals surface area (Å²) in [7, 11) is 0. The Hall–Kier alpha value is -3.41. The molecule has 0 spiro atoms. The van der Waals surface area contributed by atoms with Crippen LogP contribution in [0.15, 0.2) is 70.5 Å². The van der Waals surface area contributed by atoms with Crippen LogP contribution in [-0.2, 0) is 4.79 Å². The molecule has 1 aliphatic rings. The van der Waals surface area contributed by atoms with Gasteiger partial charge in [-0.05, 0) is 30.7 Å². The average molecular weight is 362 g/mol. The number of aliphatic hydroxyl groups is 1. The molecular formula is C21H18N2O4. The van der Waals surface area contributed by atoms with E-state index in [9.17, 15) is 14.7 Å². The van der Waals surface area contributed by atoms with Crippen LogP contribution in [-0.4, -0.2) is 33.2 Å². The number of furan rings is 1. The number of aromatic nitrogens is 1. The van der Waals surface area contributed by atoms with Crippen LogP contribution >= 0.6 is 0 Å². The largest absolute Gasteiger partial charge is 0.503 e. The maximum absolute atomic E-state index is 13.2. The number of benzene rings is 1. The molecule has 0 radical (unpaired) electrons. The van der Waals surface area contributed by atoms with Gasteiger partial charge in [-0.2, -0.15) is 0 Å². The molecule has 1 aromatic carbocycles. The van der Waals surface area contributed by atoms with Gasteiger partial charge in [-0.25, -0.2) is 0 Å². The smallest absolute Gasteiger partial charge is 0.290 e. The third-order valence-corrected chi connectivity index (χ3v) is 4.63. The summed E-state index contributed by atoms with van der Waals surface area (Å²) in [5.74, 6) is -1.52. The first-order valence-electron chi connectivity index (χ1n) is 8.80. The Labute approximate surface area is 155 Å². The molecule has 2 aromatic heterocycles. The molecule has 1 N–H and O–H groups in total. The van der Waals surface area contributed by atoms with E-state index in [1.807, 2.05) is 25.1 Å². The van der Waals surface area contributed by atoms with Crippen molar-refractivity contribution in [3.8, 4) is 0 Å². The summed E-state index contributed by atoms with van der Waals surface area (Å²) in [4.78, 5) is 31.6. The third kappa shape index (κ3) is 2.79. The third-order valence-electron chi connectivity index (χ3n) is 4.63. The van der Waals surface area contributed by atoms with Crippen LogP contribution in [0.1, 0.15) is 35.6 Å². The van der Waals surface area contributed by atoms with Gasteiger partial charge in [0, 0.05) is 18.1 Å². The van der Waals surface area contributed by atoms with Crippen LogP contribution in [0.25, 0.3) is 11.0 Å². The maximum Gasteiger partial charge on any atom is 0.290 e. The van der Waals surface area contributed by atoms with Gasteiger partial charge in [0.15, 0.2) is 11.5 Å². The topological polar surface area (TPSA) is 83.6 Å². The van der Waals surface area contributed by atoms with E-state index in [0.717, 1.165) is 5.39 Å². The second kappa shape index (κ2) is 6.72. The number of rotatable bonds is 5. The lowest BCUT2D eigenvalue weighted by molar-refractivity contribution is -0.129. The van der Waals surface area contributed by atoms with Gasteiger partial charge in [-0.3, -0.25) is 14.6 Å². The second-order valence-electron chi connectivity index (χ2n) is 6.40. The molecule has 6 nitrogen and oxygen atoms in total. The summed E-state index contributed by atoms with van der Waals surface area (Å²) in [6.07, 6.45) is 2.29. The quantitative estimate of drug-likeness (QED) is 0.698. The van der Waals surface area contributed by atoms with Crippen molar-refractivity contribution in [2.45, 2.75) is 19.4 Å². The highest BCUT2D eigenvalue weighted by Gasteiger charge is 2.44. The van der Waals surface area contributed by atoms with Gasteiger partial charge in [0.1, 0.15) is 11.6 Å². The predicted octanol–water partition coefficient (Wildman–Crippen LogP) is 3.82. The molecule has 3 heterocycles. The maximum atomic E-state index is 13.2. The summed E-state index contributed by atoms with van der Waals surface area (Å²) in [5.41, 5.74) is 1.11. The fraction of sp³-hybridized carbons (Fsp3) is 0.190. The first-order valence-corrected chi connectivity index (χ1v) is 8.80. The van der Waals surface area contributed by atoms with E-state index in [4.69, 9.17) is 4.42 Å². The van der Waals surface area contributed by atoms with Crippen molar-refractivity contribution in [3.63, 3.8) is 0 Å². The number of carbonyl (C=O) groups is 2. The molecule has 0 aliphatic carbocycles. The molecule has 6 heteroatoms. The van der Waals surface area contributed by atoms with Crippen LogP contribution in [0.3, 0.4) is 0 Å². The molecule has 1 aliphatic heterocycles. The van der Waals surface area contributed by atoms with Gasteiger partial charge in [-0.15, -0.1) is 0 Å². The van der Waals surface area contributed by atoms with E-state index in [2.05, 4.69) is 4.98 Å². The van der Waals surface area contributed by atoms with E-state index in [1.54, 1.807) is 36.5 Å². The van der Waals surface area contributed by atoms with Gasteiger partial charge in [0.2, 0.25) is 5.78 Å². The number of pyridine rings is 1. The fourth-order valence-corrected chi connectivity index (χ4v) is 3.43. The highest BCUT2D eigenvalue weighted by atomic mass is 16.3. The fourth-order valence-electron chi connectivity index (χ4n) is 3.43. The van der Waals surface area contributed by atoms with Crippen molar-refractivity contribution in [3.05, 3.63) is 77.5 Å². The Bertz CT molecular complexity index is 1020. The van der Waals surface area contributed by atoms with Crippen molar-refractivity contribution in [2.24, 2.45) is 0 Å². The number of amides is 1. The summed E-state index contributed by atoms with van der Waals surface area (Å²) in [5, 5.41) is 11.3. The molecule has 1 atom stereocenters. The molecule has 136 valence electrons. The molecule has 0 fully saturated rings. The molecule has 1 amide bonds. The average Bonchev–Trinajstić information content (AvgIpc) is 3.23. The second-order valence-corrected chi connectivity index (χ2v) is 6.40. The first-order chi connectivity index (χ1) is 13.1. The Morgan fingerprint density at radius 3 is 2.70 bits per heavy atom. The minimum absolute atomic E-state index is 0.00575. The Kier molecular flexibility index (Phi) is 4.24. The normalized spacial score (nSPS) is 17.1. The number of carbonyl (C=O) groups excluding carboxylic acids is 2. The minimum Gasteiger partial charge on any atom is -0.503 e. The van der Waals surface area contributed by atoms with Gasteiger partial charge in [-0.1, -0.05) is 31.2 Å². The number of para-hydroxylation sites is 1. The van der Waals surface area contributed by atoms with Crippen LogP contribution in [0.2, 0.25) is 0 Å². The van der Waals surface area contributed by atoms with Gasteiger partial charge in [0.25, 0.3) is 5.91 Å². The number of Topliss-reactive ketones (excluding diaryl/α,β-unsaturated/α-hetero) is 1. The lowest BCUT2D eigenvalue weighted by Gasteiger charge is -2.25. The SMILES string of the molecule is CCCN1C(=O)C(O)=C(C(=O)c2cc3ccccc3o2)C1c1ccccn1. The number of aliphatic hydroxyl groups excluding tert-OH is 1. The van der Waals surface area contributed by atoms with Crippen molar-refractivity contribution in [1.29, 1.82) is 0 Å². The molecule has 4 rings (SSSR count). The summed E-state index contributed by atoms with van der Waals surface area (Å²) >= 11 is 0. The van der Waals surface area contributed by atoms with E-state index < -0.39 is 23.5 Å². The zero-order valence-electron chi connectivity index (χ0n) is 14.8. The Balaban J connectivity index is 1.82. The van der Waals surface area contributed by atoms with Crippen LogP contribution in [0.5, 0.6) is 0 Å². The zero-order valence-corrected chi connectivity index (χ0v) is 14.8. The zero-order chi connectivity index (χ0) is 19.0. The minimum atomic E-state index is -0.737. The van der Waals surface area contributed by atoms with Crippen molar-refractivity contribution >= 4 is 22.7 Å². The summed E-state index contributed by atoms with van der Waals surface area (Å²) in [6.45, 7) is 2.33. The number of hydrogen-bond donors (Lipinski definition) is 1. The number of nitrogens with zero attached hydrogens (tertiary/aromatic N) is 2. The van der Waals surface area contributed by atoms with Gasteiger partial charge in [0.05, 0.1) is 11.3 Å². The lowest BCUT2D eigenvalue weighted by Crippen LogP contribution is -2.32. The van der Waals surface area contributed by atoms with Crippen molar-refractivity contribution in [2.75, 3.05) is 6.54 Å². The highest BCUT2D eigenvalue weighted by Crippen LogP contribution is 2.38. The predicted molar refractivity (Wildman–Crippen MR) is 99.2 cm³/mol. The summed E-state index contributed by atoms with van der Waals surface area (Å²) in [6, 6.07) is 13.4. The Morgan fingerprint density at radius 1 is 1.22 bits per heavy atom. The van der Waals surface area contributed by atoms with Gasteiger partial charge >= 0.3 is 0 Å². The van der Waals surface area contributed by atoms with Gasteiger partial charge < -0.3 is 14.4 Å². The first kappa shape index (κ1) is 17.0. The van der Waals surface area contributed by atoms with Crippen LogP contribution in [0.4, 0.5) is 0 Å². The molecule has 0 saturated heterocycles. The van der Waals surface area contributed by atoms with Crippen molar-refractivity contribution < 1.29 is 19.1 Å². The number of ketones is 1. The number of hydrogen-bond acceptors (Lipinski definition) is 5. The molecule has 0 saturated carbocycles. The summed E-state index contributed by atoms with van der Waals surface area (Å²) < 4.78 is 5.66. The van der Waals surface area contributed by atoms with Crippen LogP contribution < -0.4 is 0 Å². The lowest BCUT2D eigenvalue weighted by atomic mass is 9.98. The molecule has 0 bridgehead atoms. The Morgan fingerprint density at radius 2 is 2.00 bits per heavy atom. The van der Waals surface area contributed by atoms with E-state index in [-0.39, 0.29) is 11.3 Å². The van der Waals surface area contributed by atoms with Crippen LogP contribution in [0, 0.1) is 0 Å². The monoisotopic (exact) mass is 362 g/mol.